The van der Waals surface area contributed by atoms with Crippen molar-refractivity contribution in [1.82, 2.24) is 5.32 Å². The molecule has 148 valence electrons. The van der Waals surface area contributed by atoms with E-state index in [4.69, 9.17) is 0 Å². The van der Waals surface area contributed by atoms with Crippen molar-refractivity contribution in [2.45, 2.75) is 46.0 Å². The van der Waals surface area contributed by atoms with Gasteiger partial charge in [-0.3, -0.25) is 9.59 Å². The molecule has 1 aromatic carbocycles. The van der Waals surface area contributed by atoms with Gasteiger partial charge in [-0.1, -0.05) is 13.8 Å². The average molecular weight is 374 g/mol. The summed E-state index contributed by atoms with van der Waals surface area (Å²) in [5, 5.41) is 5.90. The molecule has 0 unspecified atom stereocenters. The zero-order chi connectivity index (χ0) is 19.8. The van der Waals surface area contributed by atoms with Gasteiger partial charge in [-0.15, -0.1) is 0 Å². The maximum atomic E-state index is 12.5. The number of methoxy groups -OCH3 is 1. The molecule has 0 atom stereocenters. The Bertz CT molecular complexity index is 647. The van der Waals surface area contributed by atoms with E-state index in [-0.39, 0.29) is 23.7 Å². The van der Waals surface area contributed by atoms with Crippen molar-refractivity contribution in [3.8, 4) is 0 Å². The smallest absolute Gasteiger partial charge is 0.337 e. The van der Waals surface area contributed by atoms with E-state index in [1.54, 1.807) is 24.3 Å². The predicted octanol–water partition coefficient (Wildman–Crippen LogP) is 3.38. The molecule has 0 radical (unpaired) electrons. The van der Waals surface area contributed by atoms with Crippen molar-refractivity contribution in [3.05, 3.63) is 29.8 Å². The fraction of sp³-hybridized carbons (Fsp3) is 0.571. The van der Waals surface area contributed by atoms with Crippen LogP contribution in [-0.2, 0) is 14.3 Å². The number of benzene rings is 1. The maximum Gasteiger partial charge on any atom is 0.337 e. The molecule has 0 aromatic heterocycles. The van der Waals surface area contributed by atoms with Crippen LogP contribution in [0.4, 0.5) is 5.69 Å². The number of ether oxygens (including phenoxy) is 1. The van der Waals surface area contributed by atoms with Crippen molar-refractivity contribution in [1.29, 1.82) is 0 Å². The second kappa shape index (κ2) is 10.1. The van der Waals surface area contributed by atoms with Crippen molar-refractivity contribution in [2.75, 3.05) is 19.0 Å². The minimum Gasteiger partial charge on any atom is -0.465 e. The molecule has 2 N–H and O–H groups in total. The first-order valence-electron chi connectivity index (χ1n) is 9.67. The molecule has 6 nitrogen and oxygen atoms in total. The monoisotopic (exact) mass is 374 g/mol. The van der Waals surface area contributed by atoms with E-state index >= 15 is 0 Å². The second-order valence-electron chi connectivity index (χ2n) is 7.58. The highest BCUT2D eigenvalue weighted by atomic mass is 16.5. The minimum atomic E-state index is -0.405. The number of carbonyl (C=O) groups excluding carboxylic acids is 3. The summed E-state index contributed by atoms with van der Waals surface area (Å²) < 4.78 is 4.66. The number of esters is 1. The molecule has 0 bridgehead atoms. The van der Waals surface area contributed by atoms with Crippen LogP contribution in [-0.4, -0.2) is 31.4 Å². The summed E-state index contributed by atoms with van der Waals surface area (Å²) in [6, 6.07) is 6.63. The van der Waals surface area contributed by atoms with Crippen LogP contribution in [0.15, 0.2) is 24.3 Å². The molecular weight excluding hydrogens is 344 g/mol. The van der Waals surface area contributed by atoms with Crippen LogP contribution in [0.1, 0.15) is 56.3 Å². The maximum absolute atomic E-state index is 12.5. The quantitative estimate of drug-likeness (QED) is 0.717. The molecule has 1 aliphatic carbocycles. The highest BCUT2D eigenvalue weighted by Crippen LogP contribution is 2.30. The summed E-state index contributed by atoms with van der Waals surface area (Å²) in [7, 11) is 1.33. The highest BCUT2D eigenvalue weighted by Gasteiger charge is 2.29. The number of amides is 2. The van der Waals surface area contributed by atoms with Gasteiger partial charge in [-0.2, -0.15) is 0 Å². The summed E-state index contributed by atoms with van der Waals surface area (Å²) in [5.41, 5.74) is 1.10. The number of hydrogen-bond donors (Lipinski definition) is 2. The Morgan fingerprint density at radius 1 is 1.00 bits per heavy atom. The molecule has 27 heavy (non-hydrogen) atoms. The van der Waals surface area contributed by atoms with Gasteiger partial charge < -0.3 is 15.4 Å². The molecular formula is C21H30N2O4. The van der Waals surface area contributed by atoms with Crippen LogP contribution in [0.3, 0.4) is 0 Å². The van der Waals surface area contributed by atoms with E-state index in [0.717, 1.165) is 25.8 Å². The zero-order valence-corrected chi connectivity index (χ0v) is 16.4. The van der Waals surface area contributed by atoms with Gasteiger partial charge in [0.2, 0.25) is 11.8 Å². The molecule has 2 rings (SSSR count). The Kier molecular flexibility index (Phi) is 7.82. The molecule has 1 aliphatic rings. The van der Waals surface area contributed by atoms with E-state index in [1.807, 2.05) is 0 Å². The number of carbonyl (C=O) groups is 3. The lowest BCUT2D eigenvalue weighted by molar-refractivity contribution is -0.128. The Hall–Kier alpha value is -2.37. The third-order valence-corrected chi connectivity index (χ3v) is 5.06. The summed E-state index contributed by atoms with van der Waals surface area (Å²) in [5.74, 6) is 0.197. The molecule has 0 heterocycles. The van der Waals surface area contributed by atoms with Crippen molar-refractivity contribution < 1.29 is 19.1 Å². The van der Waals surface area contributed by atoms with Gasteiger partial charge in [0.05, 0.1) is 12.7 Å². The molecule has 0 aliphatic heterocycles. The number of hydrogen-bond acceptors (Lipinski definition) is 4. The Labute approximate surface area is 161 Å². The molecule has 1 aromatic rings. The van der Waals surface area contributed by atoms with Gasteiger partial charge in [0, 0.05) is 24.1 Å². The Morgan fingerprint density at radius 3 is 2.07 bits per heavy atom. The van der Waals surface area contributed by atoms with Gasteiger partial charge in [0.15, 0.2) is 0 Å². The first kappa shape index (κ1) is 20.9. The summed E-state index contributed by atoms with van der Waals surface area (Å²) in [6.07, 6.45) is 3.90. The van der Waals surface area contributed by atoms with Crippen molar-refractivity contribution in [2.24, 2.45) is 17.8 Å². The number of nitrogens with one attached hydrogen (secondary N) is 2. The van der Waals surface area contributed by atoms with E-state index in [1.165, 1.54) is 7.11 Å². The van der Waals surface area contributed by atoms with Crippen LogP contribution in [0.5, 0.6) is 0 Å². The molecule has 1 fully saturated rings. The van der Waals surface area contributed by atoms with Crippen LogP contribution in [0.25, 0.3) is 0 Å². The standard InChI is InChI=1S/C21H30N2O4/c1-14(2)12-13-22-19(24)15-4-6-16(7-5-15)20(25)23-18-10-8-17(9-11-18)21(26)27-3/h8-11,14-16H,4-7,12-13H2,1-3H3,(H,22,24)(H,23,25). The van der Waals surface area contributed by atoms with E-state index in [9.17, 15) is 14.4 Å². The van der Waals surface area contributed by atoms with Crippen molar-refractivity contribution in [3.63, 3.8) is 0 Å². The van der Waals surface area contributed by atoms with Gasteiger partial charge in [0.1, 0.15) is 0 Å². The topological polar surface area (TPSA) is 84.5 Å². The molecule has 6 heteroatoms. The third kappa shape index (κ3) is 6.38. The highest BCUT2D eigenvalue weighted by molar-refractivity contribution is 5.94. The lowest BCUT2D eigenvalue weighted by atomic mass is 9.81. The number of rotatable bonds is 7. The van der Waals surface area contributed by atoms with Gasteiger partial charge in [0.25, 0.3) is 0 Å². The third-order valence-electron chi connectivity index (χ3n) is 5.06. The minimum absolute atomic E-state index is 0.0144. The summed E-state index contributed by atoms with van der Waals surface area (Å²) in [4.78, 5) is 36.1. The predicted molar refractivity (Wildman–Crippen MR) is 104 cm³/mol. The fourth-order valence-corrected chi connectivity index (χ4v) is 3.30. The summed E-state index contributed by atoms with van der Waals surface area (Å²) >= 11 is 0. The van der Waals surface area contributed by atoms with Gasteiger partial charge in [-0.05, 0) is 62.3 Å². The Morgan fingerprint density at radius 2 is 1.56 bits per heavy atom. The summed E-state index contributed by atoms with van der Waals surface area (Å²) in [6.45, 7) is 5.00. The van der Waals surface area contributed by atoms with Crippen molar-refractivity contribution >= 4 is 23.5 Å². The van der Waals surface area contributed by atoms with Crippen LogP contribution in [0, 0.1) is 17.8 Å². The van der Waals surface area contributed by atoms with Crippen LogP contribution < -0.4 is 10.6 Å². The fourth-order valence-electron chi connectivity index (χ4n) is 3.30. The van der Waals surface area contributed by atoms with Gasteiger partial charge >= 0.3 is 5.97 Å². The van der Waals surface area contributed by atoms with E-state index in [0.29, 0.717) is 30.0 Å². The molecule has 2 amide bonds. The SMILES string of the molecule is COC(=O)c1ccc(NC(=O)C2CCC(C(=O)NCCC(C)C)CC2)cc1. The lowest BCUT2D eigenvalue weighted by Gasteiger charge is -2.27. The van der Waals surface area contributed by atoms with E-state index in [2.05, 4.69) is 29.2 Å². The zero-order valence-electron chi connectivity index (χ0n) is 16.4. The molecule has 1 saturated carbocycles. The first-order chi connectivity index (χ1) is 12.9. The normalized spacial score (nSPS) is 19.4. The largest absolute Gasteiger partial charge is 0.465 e. The first-order valence-corrected chi connectivity index (χ1v) is 9.67. The van der Waals surface area contributed by atoms with Gasteiger partial charge in [-0.25, -0.2) is 4.79 Å². The van der Waals surface area contributed by atoms with Crippen LogP contribution >= 0.6 is 0 Å². The number of anilines is 1. The van der Waals surface area contributed by atoms with E-state index < -0.39 is 5.97 Å². The second-order valence-corrected chi connectivity index (χ2v) is 7.58. The lowest BCUT2D eigenvalue weighted by Crippen LogP contribution is -2.36. The average Bonchev–Trinajstić information content (AvgIpc) is 2.67. The van der Waals surface area contributed by atoms with Crippen LogP contribution in [0.2, 0.25) is 0 Å². The molecule has 0 saturated heterocycles. The Balaban J connectivity index is 1.77. The molecule has 0 spiro atoms.